The third-order valence-electron chi connectivity index (χ3n) is 3.18. The molecule has 0 radical (unpaired) electrons. The predicted octanol–water partition coefficient (Wildman–Crippen LogP) is 4.01. The maximum atomic E-state index is 6.40. The van der Waals surface area contributed by atoms with E-state index < -0.39 is 0 Å². The molecule has 1 unspecified atom stereocenters. The maximum absolute atomic E-state index is 6.40. The van der Waals surface area contributed by atoms with Gasteiger partial charge in [-0.05, 0) is 37.3 Å². The Balaban J connectivity index is 2.28. The summed E-state index contributed by atoms with van der Waals surface area (Å²) in [6.45, 7) is 8.55. The third kappa shape index (κ3) is 3.43. The van der Waals surface area contributed by atoms with Crippen molar-refractivity contribution in [3.05, 3.63) is 51.0 Å². The molecule has 0 bridgehead atoms. The van der Waals surface area contributed by atoms with Crippen molar-refractivity contribution < 1.29 is 0 Å². The van der Waals surface area contributed by atoms with Gasteiger partial charge in [0.05, 0.1) is 16.7 Å². The van der Waals surface area contributed by atoms with Crippen LogP contribution in [0.1, 0.15) is 46.6 Å². The molecule has 0 saturated carbocycles. The number of aryl methyl sites for hydroxylation is 2. The lowest BCUT2D eigenvalue weighted by Crippen LogP contribution is -2.12. The summed E-state index contributed by atoms with van der Waals surface area (Å²) in [7, 11) is 0. The van der Waals surface area contributed by atoms with E-state index >= 15 is 0 Å². The van der Waals surface area contributed by atoms with Crippen LogP contribution >= 0.6 is 11.3 Å². The van der Waals surface area contributed by atoms with Gasteiger partial charge in [0.1, 0.15) is 0 Å². The van der Waals surface area contributed by atoms with Crippen molar-refractivity contribution >= 4 is 11.3 Å². The van der Waals surface area contributed by atoms with E-state index in [1.54, 1.807) is 11.3 Å². The molecule has 0 amide bonds. The first-order valence-electron chi connectivity index (χ1n) is 6.75. The van der Waals surface area contributed by atoms with Crippen LogP contribution in [0, 0.1) is 19.8 Å². The monoisotopic (exact) mass is 274 g/mol. The topological polar surface area (TPSA) is 38.9 Å². The van der Waals surface area contributed by atoms with Gasteiger partial charge >= 0.3 is 0 Å². The molecular weight excluding hydrogens is 252 g/mol. The van der Waals surface area contributed by atoms with Crippen LogP contribution in [0.2, 0.25) is 0 Å². The van der Waals surface area contributed by atoms with Gasteiger partial charge in [-0.2, -0.15) is 0 Å². The lowest BCUT2D eigenvalue weighted by molar-refractivity contribution is 0.646. The molecule has 0 saturated heterocycles. The van der Waals surface area contributed by atoms with Gasteiger partial charge in [0.15, 0.2) is 0 Å². The van der Waals surface area contributed by atoms with Gasteiger partial charge in [-0.3, -0.25) is 0 Å². The number of aromatic nitrogens is 1. The first-order chi connectivity index (χ1) is 8.97. The summed E-state index contributed by atoms with van der Waals surface area (Å²) in [4.78, 5) is 5.65. The van der Waals surface area contributed by atoms with E-state index in [2.05, 4.69) is 43.1 Å². The summed E-state index contributed by atoms with van der Waals surface area (Å²) in [5, 5.41) is 1.08. The van der Waals surface area contributed by atoms with Gasteiger partial charge in [0, 0.05) is 4.88 Å². The summed E-state index contributed by atoms with van der Waals surface area (Å²) in [6.07, 6.45) is 1.10. The molecule has 1 aromatic heterocycles. The Morgan fingerprint density at radius 2 is 2.00 bits per heavy atom. The first-order valence-corrected chi connectivity index (χ1v) is 7.57. The second-order valence-electron chi connectivity index (χ2n) is 5.50. The molecule has 0 aliphatic heterocycles. The number of rotatable bonds is 4. The molecule has 2 N–H and O–H groups in total. The Hall–Kier alpha value is -1.19. The highest BCUT2D eigenvalue weighted by molar-refractivity contribution is 7.11. The van der Waals surface area contributed by atoms with Gasteiger partial charge < -0.3 is 5.73 Å². The molecule has 1 atom stereocenters. The quantitative estimate of drug-likeness (QED) is 0.915. The molecule has 1 aromatic carbocycles. The van der Waals surface area contributed by atoms with Crippen molar-refractivity contribution in [1.82, 2.24) is 4.98 Å². The van der Waals surface area contributed by atoms with E-state index in [4.69, 9.17) is 5.73 Å². The fraction of sp³-hybridized carbons (Fsp3) is 0.438. The van der Waals surface area contributed by atoms with Crippen molar-refractivity contribution in [3.8, 4) is 0 Å². The van der Waals surface area contributed by atoms with Crippen LogP contribution < -0.4 is 5.73 Å². The Kier molecular flexibility index (Phi) is 4.38. The van der Waals surface area contributed by atoms with Crippen molar-refractivity contribution in [3.63, 3.8) is 0 Å². The fourth-order valence-electron chi connectivity index (χ4n) is 2.37. The molecule has 2 rings (SSSR count). The molecule has 0 fully saturated rings. The summed E-state index contributed by atoms with van der Waals surface area (Å²) >= 11 is 1.70. The third-order valence-corrected chi connectivity index (χ3v) is 4.33. The molecule has 1 heterocycles. The minimum Gasteiger partial charge on any atom is -0.320 e. The molecular formula is C16H22N2S. The number of nitrogens with zero attached hydrogens (tertiary/aromatic N) is 1. The van der Waals surface area contributed by atoms with Crippen LogP contribution in [-0.2, 0) is 6.42 Å². The highest BCUT2D eigenvalue weighted by atomic mass is 32.1. The molecule has 0 aliphatic carbocycles. The van der Waals surface area contributed by atoms with Crippen LogP contribution in [-0.4, -0.2) is 4.98 Å². The number of hydrogen-bond donors (Lipinski definition) is 1. The van der Waals surface area contributed by atoms with E-state index in [0.717, 1.165) is 17.1 Å². The zero-order valence-electron chi connectivity index (χ0n) is 12.1. The van der Waals surface area contributed by atoms with Gasteiger partial charge in [-0.1, -0.05) is 38.1 Å². The smallest absolute Gasteiger partial charge is 0.0900 e. The molecule has 0 aliphatic rings. The number of benzene rings is 1. The lowest BCUT2D eigenvalue weighted by Gasteiger charge is -2.13. The van der Waals surface area contributed by atoms with E-state index in [1.807, 2.05) is 13.8 Å². The molecule has 102 valence electrons. The molecule has 2 nitrogen and oxygen atoms in total. The van der Waals surface area contributed by atoms with Crippen LogP contribution in [0.3, 0.4) is 0 Å². The molecule has 3 heteroatoms. The first kappa shape index (κ1) is 14.2. The predicted molar refractivity (Wildman–Crippen MR) is 82.6 cm³/mol. The van der Waals surface area contributed by atoms with Crippen molar-refractivity contribution in [1.29, 1.82) is 0 Å². The number of nitrogens with two attached hydrogens (primary N) is 1. The van der Waals surface area contributed by atoms with E-state index in [1.165, 1.54) is 16.0 Å². The van der Waals surface area contributed by atoms with Crippen LogP contribution in [0.25, 0.3) is 0 Å². The Bertz CT molecular complexity index is 558. The van der Waals surface area contributed by atoms with Gasteiger partial charge in [-0.15, -0.1) is 11.3 Å². The Morgan fingerprint density at radius 1 is 1.26 bits per heavy atom. The van der Waals surface area contributed by atoms with Gasteiger partial charge in [0.2, 0.25) is 0 Å². The largest absolute Gasteiger partial charge is 0.320 e. The minimum absolute atomic E-state index is 0.0571. The molecule has 2 aromatic rings. The van der Waals surface area contributed by atoms with E-state index in [0.29, 0.717) is 5.92 Å². The number of hydrogen-bond acceptors (Lipinski definition) is 3. The minimum atomic E-state index is -0.0571. The summed E-state index contributed by atoms with van der Waals surface area (Å²) in [6, 6.07) is 8.58. The highest BCUT2D eigenvalue weighted by Crippen LogP contribution is 2.28. The van der Waals surface area contributed by atoms with E-state index in [-0.39, 0.29) is 6.04 Å². The van der Waals surface area contributed by atoms with Crippen molar-refractivity contribution in [2.75, 3.05) is 0 Å². The SMILES string of the molecule is Cc1nc(C)c(C(N)c2cccc(CC(C)C)c2)s1. The fourth-order valence-corrected chi connectivity index (χ4v) is 3.33. The summed E-state index contributed by atoms with van der Waals surface area (Å²) in [5.41, 5.74) is 10.0. The normalized spacial score (nSPS) is 12.9. The van der Waals surface area contributed by atoms with E-state index in [9.17, 15) is 0 Å². The zero-order valence-corrected chi connectivity index (χ0v) is 12.9. The Labute approximate surface area is 119 Å². The van der Waals surface area contributed by atoms with Crippen LogP contribution in [0.4, 0.5) is 0 Å². The van der Waals surface area contributed by atoms with Gasteiger partial charge in [-0.25, -0.2) is 4.98 Å². The van der Waals surface area contributed by atoms with Crippen LogP contribution in [0.5, 0.6) is 0 Å². The van der Waals surface area contributed by atoms with Crippen molar-refractivity contribution in [2.45, 2.75) is 40.2 Å². The second-order valence-corrected chi connectivity index (χ2v) is 6.74. The van der Waals surface area contributed by atoms with Crippen molar-refractivity contribution in [2.24, 2.45) is 11.7 Å². The maximum Gasteiger partial charge on any atom is 0.0900 e. The average Bonchev–Trinajstić information content (AvgIpc) is 2.67. The number of thiazole rings is 1. The van der Waals surface area contributed by atoms with Crippen LogP contribution in [0.15, 0.2) is 24.3 Å². The Morgan fingerprint density at radius 3 is 2.58 bits per heavy atom. The summed E-state index contributed by atoms with van der Waals surface area (Å²) in [5.74, 6) is 0.666. The highest BCUT2D eigenvalue weighted by Gasteiger charge is 2.15. The second kappa shape index (κ2) is 5.85. The zero-order chi connectivity index (χ0) is 14.0. The molecule has 0 spiro atoms. The van der Waals surface area contributed by atoms with Gasteiger partial charge in [0.25, 0.3) is 0 Å². The standard InChI is InChI=1S/C16H22N2S/c1-10(2)8-13-6-5-7-14(9-13)15(17)16-11(3)18-12(4)19-16/h5-7,9-10,15H,8,17H2,1-4H3. The molecule has 19 heavy (non-hydrogen) atoms. The summed E-state index contributed by atoms with van der Waals surface area (Å²) < 4.78 is 0. The average molecular weight is 274 g/mol. The lowest BCUT2D eigenvalue weighted by atomic mass is 9.97.